The van der Waals surface area contributed by atoms with E-state index < -0.39 is 29.2 Å². The molecule has 1 unspecified atom stereocenters. The van der Waals surface area contributed by atoms with Crippen LogP contribution < -0.4 is 0 Å². The van der Waals surface area contributed by atoms with Gasteiger partial charge in [0.1, 0.15) is 23.2 Å². The van der Waals surface area contributed by atoms with E-state index >= 15 is 0 Å². The van der Waals surface area contributed by atoms with E-state index in [1.807, 2.05) is 0 Å². The molecule has 1 fully saturated rings. The third kappa shape index (κ3) is 2.59. The lowest BCUT2D eigenvalue weighted by molar-refractivity contribution is -0.144. The second kappa shape index (κ2) is 5.58. The van der Waals surface area contributed by atoms with Crippen LogP contribution in [0.1, 0.15) is 6.42 Å². The van der Waals surface area contributed by atoms with Crippen molar-refractivity contribution >= 4 is 17.0 Å². The van der Waals surface area contributed by atoms with Gasteiger partial charge < -0.3 is 4.74 Å². The molecule has 4 nitrogen and oxygen atoms in total. The number of methoxy groups -OCH3 is 1. The van der Waals surface area contributed by atoms with Crippen LogP contribution in [0.15, 0.2) is 35.2 Å². The lowest BCUT2D eigenvalue weighted by Gasteiger charge is -2.20. The van der Waals surface area contributed by atoms with E-state index in [0.717, 1.165) is 0 Å². The van der Waals surface area contributed by atoms with Crippen LogP contribution in [0.3, 0.4) is 0 Å². The minimum atomic E-state index is -1.54. The van der Waals surface area contributed by atoms with Gasteiger partial charge in [-0.05, 0) is 12.1 Å². The average Bonchev–Trinajstić information content (AvgIpc) is 2.80. The van der Waals surface area contributed by atoms with Gasteiger partial charge in [0.2, 0.25) is 0 Å². The zero-order chi connectivity index (χ0) is 13.1. The number of alkyl halides is 1. The summed E-state index contributed by atoms with van der Waals surface area (Å²) in [6.07, 6.45) is -1.12. The summed E-state index contributed by atoms with van der Waals surface area (Å²) < 4.78 is 31.7. The summed E-state index contributed by atoms with van der Waals surface area (Å²) in [5.74, 6) is -0.542. The molecule has 1 aromatic rings. The van der Waals surface area contributed by atoms with Gasteiger partial charge in [-0.15, -0.1) is 0 Å². The molecule has 1 heterocycles. The fourth-order valence-corrected chi connectivity index (χ4v) is 3.32. The fraction of sp³-hybridized carbons (Fsp3) is 0.417. The zero-order valence-corrected chi connectivity index (χ0v) is 10.7. The maximum atomic E-state index is 13.4. The number of hydrogen-bond acceptors (Lipinski definition) is 3. The van der Waals surface area contributed by atoms with Gasteiger partial charge in [-0.1, -0.05) is 18.2 Å². The molecule has 3 atom stereocenters. The first-order valence-corrected chi connectivity index (χ1v) is 6.69. The Hall–Kier alpha value is -1.27. The van der Waals surface area contributed by atoms with Gasteiger partial charge >= 0.3 is 5.97 Å². The highest BCUT2D eigenvalue weighted by atomic mass is 32.2. The minimum absolute atomic E-state index is 0.0126. The molecule has 1 saturated heterocycles. The summed E-state index contributed by atoms with van der Waals surface area (Å²) >= 11 is 0. The van der Waals surface area contributed by atoms with Gasteiger partial charge in [0.25, 0.3) is 0 Å². The number of hydrogen-bond donors (Lipinski definition) is 0. The number of rotatable bonds is 3. The van der Waals surface area contributed by atoms with Crippen LogP contribution in [0.5, 0.6) is 0 Å². The van der Waals surface area contributed by atoms with Gasteiger partial charge in [0.05, 0.1) is 12.0 Å². The van der Waals surface area contributed by atoms with Crippen molar-refractivity contribution in [3.63, 3.8) is 0 Å². The Morgan fingerprint density at radius 3 is 2.72 bits per heavy atom. The lowest BCUT2D eigenvalue weighted by atomic mass is 10.2. The van der Waals surface area contributed by atoms with E-state index in [4.69, 9.17) is 0 Å². The van der Waals surface area contributed by atoms with Crippen molar-refractivity contribution in [1.29, 1.82) is 0 Å². The van der Waals surface area contributed by atoms with Crippen LogP contribution >= 0.6 is 0 Å². The van der Waals surface area contributed by atoms with E-state index in [0.29, 0.717) is 4.90 Å². The number of nitrogens with zero attached hydrogens (tertiary/aromatic N) is 1. The zero-order valence-electron chi connectivity index (χ0n) is 9.91. The van der Waals surface area contributed by atoms with Crippen LogP contribution in [0, 0.1) is 0 Å². The Kier molecular flexibility index (Phi) is 4.08. The topological polar surface area (TPSA) is 46.6 Å². The van der Waals surface area contributed by atoms with E-state index in [-0.39, 0.29) is 13.0 Å². The SMILES string of the molecule is COC(=O)[C@H]1C[C@@H](F)CN1S(=O)c1ccccc1. The predicted octanol–water partition coefficient (Wildman–Crippen LogP) is 1.29. The summed E-state index contributed by atoms with van der Waals surface area (Å²) in [5.41, 5.74) is 0. The molecule has 0 saturated carbocycles. The summed E-state index contributed by atoms with van der Waals surface area (Å²) in [4.78, 5) is 12.1. The quantitative estimate of drug-likeness (QED) is 0.778. The Labute approximate surface area is 107 Å². The van der Waals surface area contributed by atoms with Gasteiger partial charge in [-0.3, -0.25) is 4.79 Å². The maximum Gasteiger partial charge on any atom is 0.324 e. The molecule has 0 radical (unpaired) electrons. The normalized spacial score (nSPS) is 25.9. The predicted molar refractivity (Wildman–Crippen MR) is 64.9 cm³/mol. The standard InChI is InChI=1S/C12H14FNO3S/c1-17-12(15)11-7-9(13)8-14(11)18(16)10-5-3-2-4-6-10/h2-6,9,11H,7-8H2,1H3/t9-,11-,18?/m1/s1. The Morgan fingerprint density at radius 2 is 2.11 bits per heavy atom. The lowest BCUT2D eigenvalue weighted by Crippen LogP contribution is -2.38. The molecule has 0 amide bonds. The highest BCUT2D eigenvalue weighted by Crippen LogP contribution is 2.25. The minimum Gasteiger partial charge on any atom is -0.468 e. The number of carbonyl (C=O) groups is 1. The molecule has 1 aliphatic rings. The number of benzene rings is 1. The molecule has 0 N–H and O–H groups in total. The smallest absolute Gasteiger partial charge is 0.324 e. The van der Waals surface area contributed by atoms with Crippen molar-refractivity contribution in [1.82, 2.24) is 4.31 Å². The molecule has 0 spiro atoms. The van der Waals surface area contributed by atoms with Crippen LogP contribution in [0.4, 0.5) is 4.39 Å². The monoisotopic (exact) mass is 271 g/mol. The maximum absolute atomic E-state index is 13.4. The highest BCUT2D eigenvalue weighted by Gasteiger charge is 2.41. The molecule has 6 heteroatoms. The molecular weight excluding hydrogens is 257 g/mol. The Bertz CT molecular complexity index is 454. The summed E-state index contributed by atoms with van der Waals surface area (Å²) in [6, 6.07) is 7.92. The second-order valence-corrected chi connectivity index (χ2v) is 5.47. The first kappa shape index (κ1) is 13.2. The van der Waals surface area contributed by atoms with E-state index in [1.165, 1.54) is 11.4 Å². The average molecular weight is 271 g/mol. The third-order valence-electron chi connectivity index (χ3n) is 2.84. The van der Waals surface area contributed by atoms with Crippen molar-refractivity contribution in [2.75, 3.05) is 13.7 Å². The Morgan fingerprint density at radius 1 is 1.44 bits per heavy atom. The third-order valence-corrected chi connectivity index (χ3v) is 4.34. The molecule has 1 aromatic carbocycles. The van der Waals surface area contributed by atoms with Crippen LogP contribution in [0.2, 0.25) is 0 Å². The summed E-state index contributed by atoms with van der Waals surface area (Å²) in [5, 5.41) is 0. The van der Waals surface area contributed by atoms with Gasteiger partial charge in [0.15, 0.2) is 0 Å². The van der Waals surface area contributed by atoms with Gasteiger partial charge in [0, 0.05) is 13.0 Å². The number of halogens is 1. The van der Waals surface area contributed by atoms with Crippen molar-refractivity contribution in [2.45, 2.75) is 23.5 Å². The van der Waals surface area contributed by atoms with E-state index in [1.54, 1.807) is 30.3 Å². The molecule has 2 rings (SSSR count). The second-order valence-electron chi connectivity index (χ2n) is 4.03. The van der Waals surface area contributed by atoms with Crippen molar-refractivity contribution < 1.29 is 18.1 Å². The number of esters is 1. The van der Waals surface area contributed by atoms with Crippen molar-refractivity contribution in [3.8, 4) is 0 Å². The largest absolute Gasteiger partial charge is 0.468 e. The first-order chi connectivity index (χ1) is 8.63. The Balaban J connectivity index is 2.21. The van der Waals surface area contributed by atoms with Crippen LogP contribution in [-0.4, -0.2) is 40.4 Å². The van der Waals surface area contributed by atoms with Crippen LogP contribution in [-0.2, 0) is 20.5 Å². The molecule has 0 aliphatic carbocycles. The van der Waals surface area contributed by atoms with Crippen LogP contribution in [0.25, 0.3) is 0 Å². The number of carbonyl (C=O) groups excluding carboxylic acids is 1. The van der Waals surface area contributed by atoms with Gasteiger partial charge in [-0.2, -0.15) is 0 Å². The highest BCUT2D eigenvalue weighted by molar-refractivity contribution is 7.82. The molecule has 1 aliphatic heterocycles. The van der Waals surface area contributed by atoms with Crippen molar-refractivity contribution in [3.05, 3.63) is 30.3 Å². The van der Waals surface area contributed by atoms with Gasteiger partial charge in [-0.25, -0.2) is 12.9 Å². The molecule has 0 aromatic heterocycles. The molecule has 18 heavy (non-hydrogen) atoms. The summed E-state index contributed by atoms with van der Waals surface area (Å²) in [6.45, 7) is -0.0126. The fourth-order valence-electron chi connectivity index (χ4n) is 1.96. The molecule has 0 bridgehead atoms. The first-order valence-electron chi connectivity index (χ1n) is 5.59. The number of ether oxygens (including phenoxy) is 1. The van der Waals surface area contributed by atoms with E-state index in [9.17, 15) is 13.4 Å². The molecule has 98 valence electrons. The summed E-state index contributed by atoms with van der Waals surface area (Å²) in [7, 11) is -0.292. The van der Waals surface area contributed by atoms with Crippen molar-refractivity contribution in [2.24, 2.45) is 0 Å². The molecular formula is C12H14FNO3S. The van der Waals surface area contributed by atoms with E-state index in [2.05, 4.69) is 4.74 Å².